The lowest BCUT2D eigenvalue weighted by Crippen LogP contribution is -2.34. The van der Waals surface area contributed by atoms with Crippen LogP contribution in [0, 0.1) is 0 Å². The zero-order valence-corrected chi connectivity index (χ0v) is 8.24. The Kier molecular flexibility index (Phi) is 2.46. The molecule has 4 heteroatoms. The number of hydrogen-bond donors (Lipinski definition) is 0. The van der Waals surface area contributed by atoms with E-state index in [4.69, 9.17) is 4.43 Å². The lowest BCUT2D eigenvalue weighted by atomic mass is 10.9. The van der Waals surface area contributed by atoms with Crippen molar-refractivity contribution in [1.29, 1.82) is 0 Å². The van der Waals surface area contributed by atoms with Gasteiger partial charge in [0.15, 0.2) is 0 Å². The predicted octanol–water partition coefficient (Wildman–Crippen LogP) is 1.27. The van der Waals surface area contributed by atoms with Crippen molar-refractivity contribution in [2.75, 3.05) is 7.11 Å². The highest BCUT2D eigenvalue weighted by Gasteiger charge is 2.20. The molecular formula is C7H14N2OSi. The Balaban J connectivity index is 2.56. The molecule has 0 bridgehead atoms. The second-order valence-electron chi connectivity index (χ2n) is 3.20. The fraction of sp³-hybridized carbons (Fsp3) is 0.571. The van der Waals surface area contributed by atoms with Crippen LogP contribution < -0.4 is 0 Å². The molecule has 0 atom stereocenters. The Morgan fingerprint density at radius 3 is 2.73 bits per heavy atom. The summed E-state index contributed by atoms with van der Waals surface area (Å²) in [5, 5.41) is 0. The van der Waals surface area contributed by atoms with E-state index < -0.39 is 8.32 Å². The summed E-state index contributed by atoms with van der Waals surface area (Å²) in [4.78, 5) is 3.97. The van der Waals surface area contributed by atoms with Gasteiger partial charge in [-0.3, -0.25) is 0 Å². The van der Waals surface area contributed by atoms with Crippen molar-refractivity contribution < 1.29 is 4.43 Å². The van der Waals surface area contributed by atoms with Gasteiger partial charge in [0.05, 0.1) is 6.33 Å². The third-order valence-electron chi connectivity index (χ3n) is 1.68. The standard InChI is InChI=1S/C7H14N2OSi/c1-10-11(2,3)7-9-5-4-8-6-9/h4-6H,7H2,1-3H3. The number of nitrogens with zero attached hydrogens (tertiary/aromatic N) is 2. The normalized spacial score (nSPS) is 11.9. The average Bonchev–Trinajstić information content (AvgIpc) is 2.39. The lowest BCUT2D eigenvalue weighted by Gasteiger charge is -2.19. The van der Waals surface area contributed by atoms with Gasteiger partial charge < -0.3 is 8.99 Å². The highest BCUT2D eigenvalue weighted by molar-refractivity contribution is 6.69. The molecule has 0 spiro atoms. The summed E-state index contributed by atoms with van der Waals surface area (Å²) in [6.07, 6.45) is 6.56. The van der Waals surface area contributed by atoms with Gasteiger partial charge >= 0.3 is 0 Å². The van der Waals surface area contributed by atoms with Crippen LogP contribution in [0.2, 0.25) is 13.1 Å². The van der Waals surface area contributed by atoms with Crippen LogP contribution >= 0.6 is 0 Å². The predicted molar refractivity (Wildman–Crippen MR) is 46.7 cm³/mol. The Morgan fingerprint density at radius 1 is 1.55 bits per heavy atom. The fourth-order valence-electron chi connectivity index (χ4n) is 0.884. The quantitative estimate of drug-likeness (QED) is 0.639. The van der Waals surface area contributed by atoms with E-state index in [9.17, 15) is 0 Å². The molecule has 0 saturated carbocycles. The number of rotatable bonds is 3. The van der Waals surface area contributed by atoms with E-state index in [1.165, 1.54) is 0 Å². The van der Waals surface area contributed by atoms with Crippen LogP contribution in [0.5, 0.6) is 0 Å². The summed E-state index contributed by atoms with van der Waals surface area (Å²) in [6.45, 7) is 4.38. The van der Waals surface area contributed by atoms with E-state index >= 15 is 0 Å². The molecule has 0 amide bonds. The van der Waals surface area contributed by atoms with Crippen LogP contribution in [0.3, 0.4) is 0 Å². The second-order valence-corrected chi connectivity index (χ2v) is 7.44. The van der Waals surface area contributed by atoms with Crippen LogP contribution in [-0.2, 0) is 10.6 Å². The molecule has 0 unspecified atom stereocenters. The van der Waals surface area contributed by atoms with Gasteiger partial charge in [0, 0.05) is 25.7 Å². The van der Waals surface area contributed by atoms with Crippen LogP contribution in [0.25, 0.3) is 0 Å². The van der Waals surface area contributed by atoms with Crippen LogP contribution in [0.4, 0.5) is 0 Å². The first-order valence-electron chi connectivity index (χ1n) is 3.65. The maximum atomic E-state index is 5.40. The minimum atomic E-state index is -1.46. The molecule has 11 heavy (non-hydrogen) atoms. The number of aromatic nitrogens is 2. The van der Waals surface area contributed by atoms with Gasteiger partial charge in [0.25, 0.3) is 0 Å². The molecule has 1 heterocycles. The summed E-state index contributed by atoms with van der Waals surface area (Å²) in [5.74, 6) is 0. The molecule has 1 aromatic heterocycles. The van der Waals surface area contributed by atoms with Crippen LogP contribution in [0.1, 0.15) is 0 Å². The molecule has 1 rings (SSSR count). The second kappa shape index (κ2) is 3.19. The van der Waals surface area contributed by atoms with Gasteiger partial charge in [-0.25, -0.2) is 4.98 Å². The summed E-state index contributed by atoms with van der Waals surface area (Å²) >= 11 is 0. The third-order valence-corrected chi connectivity index (χ3v) is 3.91. The fourth-order valence-corrected chi connectivity index (χ4v) is 2.08. The number of hydrogen-bond acceptors (Lipinski definition) is 2. The summed E-state index contributed by atoms with van der Waals surface area (Å²) in [6, 6.07) is 0. The Hall–Kier alpha value is -0.613. The van der Waals surface area contributed by atoms with Gasteiger partial charge in [-0.2, -0.15) is 0 Å². The molecule has 0 aliphatic heterocycles. The molecule has 0 fully saturated rings. The van der Waals surface area contributed by atoms with Crippen LogP contribution in [0.15, 0.2) is 18.7 Å². The van der Waals surface area contributed by atoms with Gasteiger partial charge in [-0.15, -0.1) is 0 Å². The minimum absolute atomic E-state index is 0.976. The summed E-state index contributed by atoms with van der Waals surface area (Å²) in [7, 11) is 0.322. The van der Waals surface area contributed by atoms with E-state index in [0.29, 0.717) is 0 Å². The van der Waals surface area contributed by atoms with E-state index in [2.05, 4.69) is 22.6 Å². The molecule has 3 nitrogen and oxygen atoms in total. The van der Waals surface area contributed by atoms with E-state index in [0.717, 1.165) is 6.17 Å². The first-order valence-corrected chi connectivity index (χ1v) is 6.76. The highest BCUT2D eigenvalue weighted by atomic mass is 28.4. The van der Waals surface area contributed by atoms with E-state index in [1.807, 2.05) is 12.5 Å². The van der Waals surface area contributed by atoms with Gasteiger partial charge in [-0.05, 0) is 13.1 Å². The Labute approximate surface area is 68.1 Å². The molecule has 0 aliphatic carbocycles. The first-order chi connectivity index (χ1) is 5.14. The molecule has 1 aromatic rings. The van der Waals surface area contributed by atoms with Crippen molar-refractivity contribution in [3.8, 4) is 0 Å². The zero-order chi connectivity index (χ0) is 8.32. The summed E-state index contributed by atoms with van der Waals surface area (Å²) < 4.78 is 7.47. The van der Waals surface area contributed by atoms with Crippen molar-refractivity contribution in [2.45, 2.75) is 19.3 Å². The first kappa shape index (κ1) is 8.48. The Morgan fingerprint density at radius 2 is 2.27 bits per heavy atom. The monoisotopic (exact) mass is 170 g/mol. The van der Waals surface area contributed by atoms with Crippen molar-refractivity contribution in [3.63, 3.8) is 0 Å². The summed E-state index contributed by atoms with van der Waals surface area (Å²) in [5.41, 5.74) is 0. The maximum Gasteiger partial charge on any atom is 0.205 e. The van der Waals surface area contributed by atoms with Crippen molar-refractivity contribution in [2.24, 2.45) is 0 Å². The topological polar surface area (TPSA) is 27.1 Å². The lowest BCUT2D eigenvalue weighted by molar-refractivity contribution is 0.394. The third kappa shape index (κ3) is 2.47. The molecule has 0 radical (unpaired) electrons. The van der Waals surface area contributed by atoms with Crippen molar-refractivity contribution >= 4 is 8.32 Å². The van der Waals surface area contributed by atoms with Crippen molar-refractivity contribution in [1.82, 2.24) is 9.55 Å². The van der Waals surface area contributed by atoms with Crippen LogP contribution in [-0.4, -0.2) is 25.0 Å². The smallest absolute Gasteiger partial charge is 0.205 e. The molecule has 0 saturated heterocycles. The van der Waals surface area contributed by atoms with E-state index in [-0.39, 0.29) is 0 Å². The molecule has 0 N–H and O–H groups in total. The molecule has 62 valence electrons. The van der Waals surface area contributed by atoms with Crippen molar-refractivity contribution in [3.05, 3.63) is 18.7 Å². The average molecular weight is 170 g/mol. The highest BCUT2D eigenvalue weighted by Crippen LogP contribution is 2.05. The zero-order valence-electron chi connectivity index (χ0n) is 7.24. The molecular weight excluding hydrogens is 156 g/mol. The largest absolute Gasteiger partial charge is 0.419 e. The number of imidazole rings is 1. The minimum Gasteiger partial charge on any atom is -0.419 e. The maximum absolute atomic E-state index is 5.40. The Bertz CT molecular complexity index is 208. The van der Waals surface area contributed by atoms with Gasteiger partial charge in [0.2, 0.25) is 8.32 Å². The van der Waals surface area contributed by atoms with E-state index in [1.54, 1.807) is 13.3 Å². The van der Waals surface area contributed by atoms with Gasteiger partial charge in [0.1, 0.15) is 0 Å². The molecule has 0 aliphatic rings. The SMILES string of the molecule is CO[Si](C)(C)Cn1ccnc1. The van der Waals surface area contributed by atoms with Gasteiger partial charge in [-0.1, -0.05) is 0 Å². The molecule has 0 aromatic carbocycles.